The molecule has 1 aliphatic heterocycles. The Hall–Kier alpha value is -6.24. The molecule has 0 spiro atoms. The lowest BCUT2D eigenvalue weighted by Gasteiger charge is -2.53. The molecule has 63 heavy (non-hydrogen) atoms. The van der Waals surface area contributed by atoms with Crippen LogP contribution in [0.25, 0.3) is 0 Å². The van der Waals surface area contributed by atoms with Gasteiger partial charge in [0.15, 0.2) is 64.3 Å². The fourth-order valence-electron chi connectivity index (χ4n) is 7.22. The molecule has 0 saturated heterocycles. The van der Waals surface area contributed by atoms with Crippen molar-refractivity contribution in [1.82, 2.24) is 5.32 Å². The van der Waals surface area contributed by atoms with Crippen molar-refractivity contribution in [2.24, 2.45) is 0 Å². The molecule has 1 unspecified atom stereocenters. The average Bonchev–Trinajstić information content (AvgIpc) is 3.28. The Kier molecular flexibility index (Phi) is 12.9. The van der Waals surface area contributed by atoms with E-state index < -0.39 is 147 Å². The van der Waals surface area contributed by atoms with Crippen LogP contribution in [0.5, 0.6) is 0 Å². The summed E-state index contributed by atoms with van der Waals surface area (Å²) in [6.45, 7) is 0. The number of nitrogens with one attached hydrogen (secondary N) is 1. The molecule has 1 heterocycles. The smallest absolute Gasteiger partial charge is 0.223 e. The first kappa shape index (κ1) is 46.3. The molecule has 6 aromatic carbocycles. The van der Waals surface area contributed by atoms with Crippen LogP contribution in [0.1, 0.15) is 0 Å². The third-order valence-corrected chi connectivity index (χ3v) is 12.6. The van der Waals surface area contributed by atoms with E-state index in [0.29, 0.717) is 0 Å². The lowest BCUT2D eigenvalue weighted by molar-refractivity contribution is 0.202. The van der Waals surface area contributed by atoms with Crippen molar-refractivity contribution in [2.45, 2.75) is 5.69 Å². The Balaban J connectivity index is 0.000000287. The molecule has 7 rings (SSSR count). The topological polar surface area (TPSA) is 12.0 Å². The van der Waals surface area contributed by atoms with Gasteiger partial charge in [0.2, 0.25) is 5.95 Å². The van der Waals surface area contributed by atoms with Gasteiger partial charge in [-0.2, -0.15) is 4.39 Å². The van der Waals surface area contributed by atoms with Crippen molar-refractivity contribution in [2.75, 3.05) is 0 Å². The summed E-state index contributed by atoms with van der Waals surface area (Å²) < 4.78 is 281. The van der Waals surface area contributed by atoms with Crippen LogP contribution in [0.2, 0.25) is 0 Å². The van der Waals surface area contributed by atoms with Gasteiger partial charge in [-0.05, 0) is 36.4 Å². The van der Waals surface area contributed by atoms with E-state index >= 15 is 35.1 Å². The van der Waals surface area contributed by atoms with E-state index in [1.54, 1.807) is 0 Å². The summed E-state index contributed by atoms with van der Waals surface area (Å²) in [5.74, 6) is -62.1. The summed E-state index contributed by atoms with van der Waals surface area (Å²) in [4.78, 5) is 0. The normalized spacial score (nSPS) is 15.3. The van der Waals surface area contributed by atoms with E-state index in [4.69, 9.17) is 0 Å². The maximum atomic E-state index is 17.0. The van der Waals surface area contributed by atoms with E-state index in [2.05, 4.69) is 91.0 Å². The molecule has 1 atom stereocenters. The zero-order valence-corrected chi connectivity index (χ0v) is 31.5. The van der Waals surface area contributed by atoms with Gasteiger partial charge in [0.25, 0.3) is 0 Å². The number of rotatable bonds is 7. The van der Waals surface area contributed by atoms with Crippen LogP contribution in [0.15, 0.2) is 115 Å². The molecular formula is C41H18BF19NP. The SMILES string of the molecule is FC1=CC(F)=C(F)NC1(F)[B-](c1c(F)c(F)c(F)c(F)c1F)(c1c(F)c(F)c(F)c(F)c1F)c1c(F)c(F)c(F)c(F)c1F.c1ccc([PH+](c2ccccc2)c2ccccc2)cc1. The number of hydrogen-bond acceptors (Lipinski definition) is 1. The zero-order chi connectivity index (χ0) is 46.5. The second kappa shape index (κ2) is 17.5. The van der Waals surface area contributed by atoms with E-state index in [-0.39, 0.29) is 5.32 Å². The quantitative estimate of drug-likeness (QED) is 0.0421. The van der Waals surface area contributed by atoms with Crippen molar-refractivity contribution in [1.29, 1.82) is 0 Å². The van der Waals surface area contributed by atoms with Gasteiger partial charge < -0.3 is 5.32 Å². The third kappa shape index (κ3) is 7.38. The number of halogens is 19. The van der Waals surface area contributed by atoms with Crippen molar-refractivity contribution in [3.05, 3.63) is 202 Å². The van der Waals surface area contributed by atoms with Gasteiger partial charge in [0, 0.05) is 6.08 Å². The summed E-state index contributed by atoms with van der Waals surface area (Å²) in [6.07, 6.45) is -8.42. The van der Waals surface area contributed by atoms with Crippen molar-refractivity contribution in [3.8, 4) is 0 Å². The van der Waals surface area contributed by atoms with Gasteiger partial charge in [0.05, 0.1) is 7.92 Å². The summed E-state index contributed by atoms with van der Waals surface area (Å²) in [6, 6.07) is 32.5. The molecule has 328 valence electrons. The van der Waals surface area contributed by atoms with Gasteiger partial charge in [0.1, 0.15) is 62.3 Å². The highest BCUT2D eigenvalue weighted by Gasteiger charge is 2.63. The molecule has 0 fully saturated rings. The van der Waals surface area contributed by atoms with Gasteiger partial charge in [-0.3, -0.25) is 4.39 Å². The first-order valence-electron chi connectivity index (χ1n) is 17.3. The predicted octanol–water partition coefficient (Wildman–Crippen LogP) is 9.19. The monoisotopic (exact) mass is 927 g/mol. The second-order valence-electron chi connectivity index (χ2n) is 13.3. The first-order chi connectivity index (χ1) is 29.7. The van der Waals surface area contributed by atoms with E-state index in [1.165, 1.54) is 15.9 Å². The lowest BCUT2D eigenvalue weighted by Crippen LogP contribution is -2.86. The van der Waals surface area contributed by atoms with Gasteiger partial charge in [-0.1, -0.05) is 54.6 Å². The third-order valence-electron chi connectivity index (χ3n) is 9.92. The Morgan fingerprint density at radius 1 is 0.349 bits per heavy atom. The predicted molar refractivity (Wildman–Crippen MR) is 195 cm³/mol. The Morgan fingerprint density at radius 2 is 0.587 bits per heavy atom. The van der Waals surface area contributed by atoms with Crippen molar-refractivity contribution in [3.63, 3.8) is 0 Å². The lowest BCUT2D eigenvalue weighted by atomic mass is 9.10. The molecule has 0 aromatic heterocycles. The van der Waals surface area contributed by atoms with E-state index in [1.807, 2.05) is 0 Å². The van der Waals surface area contributed by atoms with Crippen LogP contribution in [0, 0.1) is 87.3 Å². The molecule has 1 nitrogen and oxygen atoms in total. The number of hydrogen-bond donors (Lipinski definition) is 1. The number of benzene rings is 6. The standard InChI is InChI=1S/C23H2BF19N.C18H15P/c25-2-1-3(26)23(43,44-22(2)42)24(4-7(27)13(33)19(39)14(34)8(4)28,5-9(29)15(35)20(40)16(36)10(5)30)6-11(31)17(37)21(41)18(38)12(6)32;1-4-10-16(11-5-1)19(17-12-6-2-7-13-17)18-14-8-3-9-15-18/h1,44H;1-15H/q-1;/p+1. The molecule has 0 amide bonds. The van der Waals surface area contributed by atoms with Crippen LogP contribution in [-0.4, -0.2) is 11.8 Å². The molecule has 22 heteroatoms. The molecule has 6 aromatic rings. The first-order valence-corrected chi connectivity index (χ1v) is 18.8. The minimum atomic E-state index is -7.29. The van der Waals surface area contributed by atoms with Crippen LogP contribution >= 0.6 is 7.92 Å². The summed E-state index contributed by atoms with van der Waals surface area (Å²) >= 11 is 0. The highest BCUT2D eigenvalue weighted by molar-refractivity contribution is 7.79. The molecule has 0 aliphatic carbocycles. The minimum Gasteiger partial charge on any atom is -0.352 e. The number of allylic oxidation sites excluding steroid dienone is 2. The van der Waals surface area contributed by atoms with E-state index in [0.717, 1.165) is 0 Å². The highest BCUT2D eigenvalue weighted by atomic mass is 31.1. The molecule has 1 aliphatic rings. The number of alkyl halides is 1. The van der Waals surface area contributed by atoms with Crippen LogP contribution < -0.4 is 37.6 Å². The molecule has 1 N–H and O–H groups in total. The Labute approximate surface area is 342 Å². The van der Waals surface area contributed by atoms with Gasteiger partial charge >= 0.3 is 0 Å². The maximum absolute atomic E-state index is 17.0. The molecule has 0 radical (unpaired) electrons. The average molecular weight is 927 g/mol. The summed E-state index contributed by atoms with van der Waals surface area (Å²) in [5.41, 5.74) is -16.7. The van der Waals surface area contributed by atoms with Crippen molar-refractivity contribution >= 4 is 46.4 Å². The van der Waals surface area contributed by atoms with Crippen molar-refractivity contribution < 1.29 is 83.4 Å². The Morgan fingerprint density at radius 3 is 0.841 bits per heavy atom. The number of dihydropyridines is 1. The molecular weight excluding hydrogens is 909 g/mol. The maximum Gasteiger partial charge on any atom is 0.223 e. The molecule has 0 bridgehead atoms. The second-order valence-corrected chi connectivity index (χ2v) is 15.8. The van der Waals surface area contributed by atoms with Crippen LogP contribution in [-0.2, 0) is 0 Å². The van der Waals surface area contributed by atoms with Gasteiger partial charge in [-0.25, -0.2) is 74.6 Å². The van der Waals surface area contributed by atoms with E-state index in [9.17, 15) is 48.3 Å². The highest BCUT2D eigenvalue weighted by Crippen LogP contribution is 2.41. The fourth-order valence-corrected chi connectivity index (χ4v) is 9.80. The summed E-state index contributed by atoms with van der Waals surface area (Å²) in [7, 11) is -0.877. The largest absolute Gasteiger partial charge is 0.352 e. The van der Waals surface area contributed by atoms with Crippen LogP contribution in [0.4, 0.5) is 83.4 Å². The zero-order valence-electron chi connectivity index (χ0n) is 30.5. The van der Waals surface area contributed by atoms with Gasteiger partial charge in [-0.15, -0.1) is 16.4 Å². The Bertz CT molecular complexity index is 2480. The molecule has 0 saturated carbocycles. The fraction of sp³-hybridized carbons (Fsp3) is 0.0244. The minimum absolute atomic E-state index is 0.192. The summed E-state index contributed by atoms with van der Waals surface area (Å²) in [5, 5.41) is 4.50. The van der Waals surface area contributed by atoms with Crippen LogP contribution in [0.3, 0.4) is 0 Å².